The number of carbonyl (C=O) groups excluding carboxylic acids is 1. The Labute approximate surface area is 279 Å². The zero-order chi connectivity index (χ0) is 32.9. The van der Waals surface area contributed by atoms with Gasteiger partial charge in [0.05, 0.1) is 13.2 Å². The van der Waals surface area contributed by atoms with E-state index in [1.54, 1.807) is 0 Å². The third kappa shape index (κ3) is 15.2. The van der Waals surface area contributed by atoms with Crippen LogP contribution in [0.15, 0.2) is 18.2 Å². The van der Waals surface area contributed by atoms with E-state index >= 15 is 0 Å². The number of unbranched alkanes of at least 4 members (excludes halogenated alkanes) is 6. The molecule has 1 aliphatic carbocycles. The summed E-state index contributed by atoms with van der Waals surface area (Å²) in [6, 6.07) is 7.30. The molecule has 5 heteroatoms. The number of rotatable bonds is 19. The van der Waals surface area contributed by atoms with E-state index in [4.69, 9.17) is 9.47 Å². The highest BCUT2D eigenvalue weighted by Gasteiger charge is 2.35. The SMILES string of the molecule is CCC1(C)CC1.CCCCCCN(CCCC)C(=O)CN1CC(c2ccc3c(c2)CCO3)CC1CCC.CCCCCOCC. The van der Waals surface area contributed by atoms with Crippen LogP contribution < -0.4 is 4.74 Å². The second kappa shape index (κ2) is 22.9. The van der Waals surface area contributed by atoms with E-state index in [1.165, 1.54) is 88.2 Å². The van der Waals surface area contributed by atoms with Gasteiger partial charge in [-0.05, 0) is 80.4 Å². The molecule has 2 fully saturated rings. The second-order valence-corrected chi connectivity index (χ2v) is 14.1. The zero-order valence-corrected chi connectivity index (χ0v) is 30.8. The molecule has 2 atom stereocenters. The standard InChI is InChI=1S/C27H44N2O2.C7H16O.C6H12/c1-4-7-9-10-16-28(15-8-5-2)27(30)21-29-20-24(19-25(29)11-6-3)22-12-13-26-23(18-22)14-17-31-26;1-3-5-6-7-8-4-2;1-3-6(2)4-5-6/h12-13,18,24-25H,4-11,14-17,19-21H2,1-3H3;3-7H2,1-2H3;3-5H2,1-2H3. The van der Waals surface area contributed by atoms with Gasteiger partial charge in [0.25, 0.3) is 0 Å². The zero-order valence-electron chi connectivity index (χ0n) is 30.8. The van der Waals surface area contributed by atoms with Crippen LogP contribution in [0.4, 0.5) is 0 Å². The molecule has 0 spiro atoms. The highest BCUT2D eigenvalue weighted by Crippen LogP contribution is 2.47. The van der Waals surface area contributed by atoms with Gasteiger partial charge in [-0.25, -0.2) is 0 Å². The van der Waals surface area contributed by atoms with E-state index in [1.807, 2.05) is 6.92 Å². The molecule has 0 bridgehead atoms. The van der Waals surface area contributed by atoms with Crippen LogP contribution in [0, 0.1) is 5.41 Å². The first-order valence-electron chi connectivity index (χ1n) is 19.2. The van der Waals surface area contributed by atoms with E-state index in [0.29, 0.717) is 24.4 Å². The van der Waals surface area contributed by atoms with E-state index in [0.717, 1.165) is 76.3 Å². The van der Waals surface area contributed by atoms with Crippen LogP contribution >= 0.6 is 0 Å². The molecule has 4 rings (SSSR count). The first kappa shape index (κ1) is 39.6. The summed E-state index contributed by atoms with van der Waals surface area (Å²) in [6.07, 6.45) is 19.9. The Morgan fingerprint density at radius 1 is 0.933 bits per heavy atom. The number of fused-ring (bicyclic) bond motifs is 1. The minimum absolute atomic E-state index is 0.342. The number of hydrogen-bond acceptors (Lipinski definition) is 4. The molecular weight excluding hydrogens is 556 g/mol. The summed E-state index contributed by atoms with van der Waals surface area (Å²) < 4.78 is 10.8. The molecule has 0 N–H and O–H groups in total. The molecule has 1 saturated carbocycles. The third-order valence-electron chi connectivity index (χ3n) is 10.1. The second-order valence-electron chi connectivity index (χ2n) is 14.1. The molecule has 1 saturated heterocycles. The Kier molecular flexibility index (Phi) is 20.1. The van der Waals surface area contributed by atoms with Crippen LogP contribution in [0.1, 0.15) is 162 Å². The predicted octanol–water partition coefficient (Wildman–Crippen LogP) is 10.2. The van der Waals surface area contributed by atoms with Gasteiger partial charge in [0.15, 0.2) is 0 Å². The van der Waals surface area contributed by atoms with E-state index in [-0.39, 0.29) is 0 Å². The Morgan fingerprint density at radius 2 is 1.64 bits per heavy atom. The number of nitrogens with zero attached hydrogens (tertiary/aromatic N) is 2. The van der Waals surface area contributed by atoms with Crippen molar-refractivity contribution in [2.24, 2.45) is 5.41 Å². The number of ether oxygens (including phenoxy) is 2. The first-order chi connectivity index (χ1) is 21.8. The van der Waals surface area contributed by atoms with Crippen molar-refractivity contribution in [3.05, 3.63) is 29.3 Å². The van der Waals surface area contributed by atoms with Gasteiger partial charge in [0.1, 0.15) is 5.75 Å². The van der Waals surface area contributed by atoms with Gasteiger partial charge in [0, 0.05) is 45.3 Å². The smallest absolute Gasteiger partial charge is 0.236 e. The van der Waals surface area contributed by atoms with Gasteiger partial charge in [-0.2, -0.15) is 0 Å². The van der Waals surface area contributed by atoms with Crippen molar-refractivity contribution in [3.63, 3.8) is 0 Å². The number of carbonyl (C=O) groups is 1. The van der Waals surface area contributed by atoms with Gasteiger partial charge >= 0.3 is 0 Å². The Bertz CT molecular complexity index is 909. The molecule has 260 valence electrons. The molecule has 1 aromatic carbocycles. The van der Waals surface area contributed by atoms with Crippen LogP contribution in [0.2, 0.25) is 0 Å². The van der Waals surface area contributed by atoms with Gasteiger partial charge in [-0.15, -0.1) is 0 Å². The largest absolute Gasteiger partial charge is 0.493 e. The lowest BCUT2D eigenvalue weighted by Gasteiger charge is -2.28. The molecule has 1 aromatic rings. The first-order valence-corrected chi connectivity index (χ1v) is 19.2. The lowest BCUT2D eigenvalue weighted by molar-refractivity contribution is -0.132. The average Bonchev–Trinajstić information content (AvgIpc) is 3.42. The molecule has 1 amide bonds. The molecule has 2 unspecified atom stereocenters. The fourth-order valence-corrected chi connectivity index (χ4v) is 6.39. The van der Waals surface area contributed by atoms with Crippen LogP contribution in [-0.4, -0.2) is 67.7 Å². The van der Waals surface area contributed by atoms with Gasteiger partial charge in [-0.3, -0.25) is 9.69 Å². The number of hydrogen-bond donors (Lipinski definition) is 0. The van der Waals surface area contributed by atoms with Crippen LogP contribution in [0.5, 0.6) is 5.75 Å². The van der Waals surface area contributed by atoms with Crippen LogP contribution in [0.3, 0.4) is 0 Å². The van der Waals surface area contributed by atoms with Crippen molar-refractivity contribution in [2.75, 3.05) is 46.0 Å². The van der Waals surface area contributed by atoms with Crippen LogP contribution in [0.25, 0.3) is 0 Å². The van der Waals surface area contributed by atoms with E-state index < -0.39 is 0 Å². The van der Waals surface area contributed by atoms with Crippen molar-refractivity contribution < 1.29 is 14.3 Å². The summed E-state index contributed by atoms with van der Waals surface area (Å²) in [5.41, 5.74) is 3.58. The number of likely N-dealkylation sites (tertiary alicyclic amines) is 1. The molecule has 0 aromatic heterocycles. The van der Waals surface area contributed by atoms with Crippen molar-refractivity contribution in [3.8, 4) is 5.75 Å². The third-order valence-corrected chi connectivity index (χ3v) is 10.1. The highest BCUT2D eigenvalue weighted by molar-refractivity contribution is 5.78. The van der Waals surface area contributed by atoms with Crippen LogP contribution in [-0.2, 0) is 16.0 Å². The monoisotopic (exact) mass is 629 g/mol. The lowest BCUT2D eigenvalue weighted by Crippen LogP contribution is -2.43. The van der Waals surface area contributed by atoms with Crippen molar-refractivity contribution in [1.29, 1.82) is 0 Å². The lowest BCUT2D eigenvalue weighted by atomic mass is 9.93. The summed E-state index contributed by atoms with van der Waals surface area (Å²) in [4.78, 5) is 17.9. The quantitative estimate of drug-likeness (QED) is 0.143. The van der Waals surface area contributed by atoms with E-state index in [9.17, 15) is 4.79 Å². The fourth-order valence-electron chi connectivity index (χ4n) is 6.39. The van der Waals surface area contributed by atoms with Crippen molar-refractivity contribution in [1.82, 2.24) is 9.80 Å². The molecule has 3 aliphatic rings. The normalized spacial score (nSPS) is 19.5. The maximum Gasteiger partial charge on any atom is 0.236 e. The molecule has 45 heavy (non-hydrogen) atoms. The van der Waals surface area contributed by atoms with Gasteiger partial charge in [0.2, 0.25) is 5.91 Å². The Hall–Kier alpha value is -1.59. The summed E-state index contributed by atoms with van der Waals surface area (Å²) in [5, 5.41) is 0. The molecule has 2 heterocycles. The Morgan fingerprint density at radius 3 is 2.27 bits per heavy atom. The van der Waals surface area contributed by atoms with Gasteiger partial charge < -0.3 is 14.4 Å². The topological polar surface area (TPSA) is 42.0 Å². The van der Waals surface area contributed by atoms with Gasteiger partial charge in [-0.1, -0.05) is 105 Å². The molecular formula is C40H72N2O3. The molecule has 2 aliphatic heterocycles. The number of amides is 1. The maximum atomic E-state index is 13.3. The van der Waals surface area contributed by atoms with E-state index in [2.05, 4.69) is 69.5 Å². The summed E-state index contributed by atoms with van der Waals surface area (Å²) in [6.45, 7) is 21.7. The fraction of sp³-hybridized carbons (Fsp3) is 0.825. The average molecular weight is 629 g/mol. The minimum Gasteiger partial charge on any atom is -0.493 e. The minimum atomic E-state index is 0.342. The Balaban J connectivity index is 0.000000414. The highest BCUT2D eigenvalue weighted by atomic mass is 16.5. The molecule has 0 radical (unpaired) electrons. The summed E-state index contributed by atoms with van der Waals surface area (Å²) in [7, 11) is 0. The maximum absolute atomic E-state index is 13.3. The predicted molar refractivity (Wildman–Crippen MR) is 193 cm³/mol. The molecule has 5 nitrogen and oxygen atoms in total. The summed E-state index contributed by atoms with van der Waals surface area (Å²) in [5.74, 6) is 1.94. The number of benzene rings is 1. The summed E-state index contributed by atoms with van der Waals surface area (Å²) >= 11 is 0. The van der Waals surface area contributed by atoms with Crippen molar-refractivity contribution >= 4 is 5.91 Å². The van der Waals surface area contributed by atoms with Crippen molar-refractivity contribution in [2.45, 2.75) is 163 Å².